The van der Waals surface area contributed by atoms with E-state index in [-0.39, 0.29) is 0 Å². The average Bonchev–Trinajstić information content (AvgIpc) is 3.69. The predicted octanol–water partition coefficient (Wildman–Crippen LogP) is 4.75. The summed E-state index contributed by atoms with van der Waals surface area (Å²) in [6.45, 7) is 6.97. The summed E-state index contributed by atoms with van der Waals surface area (Å²) in [6, 6.07) is 20.6. The maximum absolute atomic E-state index is 9.18. The number of hydrogen-bond acceptors (Lipinski definition) is 6. The van der Waals surface area contributed by atoms with Gasteiger partial charge in [0.15, 0.2) is 0 Å². The van der Waals surface area contributed by atoms with Gasteiger partial charge in [0.05, 0.1) is 50.2 Å². The first-order valence-electron chi connectivity index (χ1n) is 12.9. The zero-order valence-electron chi connectivity index (χ0n) is 21.3. The van der Waals surface area contributed by atoms with Crippen LogP contribution >= 0.6 is 0 Å². The Bertz CT molecular complexity index is 1340. The van der Waals surface area contributed by atoms with Gasteiger partial charge < -0.3 is 14.8 Å². The zero-order chi connectivity index (χ0) is 25.5. The highest BCUT2D eigenvalue weighted by molar-refractivity contribution is 5.86. The van der Waals surface area contributed by atoms with Crippen LogP contribution in [0.2, 0.25) is 0 Å². The molecule has 2 fully saturated rings. The second-order valence-corrected chi connectivity index (χ2v) is 9.36. The monoisotopic (exact) mass is 495 g/mol. The number of benzene rings is 2. The molecule has 0 aliphatic carbocycles. The number of imidazole rings is 1. The van der Waals surface area contributed by atoms with Gasteiger partial charge >= 0.3 is 0 Å². The van der Waals surface area contributed by atoms with Crippen molar-refractivity contribution in [2.45, 2.75) is 19.4 Å². The van der Waals surface area contributed by atoms with E-state index in [0.717, 1.165) is 66.5 Å². The number of nitrogens with zero attached hydrogens (tertiary/aromatic N) is 4. The van der Waals surface area contributed by atoms with E-state index in [0.29, 0.717) is 5.56 Å². The van der Waals surface area contributed by atoms with Crippen molar-refractivity contribution in [2.24, 2.45) is 0 Å². The van der Waals surface area contributed by atoms with Gasteiger partial charge in [-0.3, -0.25) is 9.30 Å². The minimum atomic E-state index is 0.637. The summed E-state index contributed by atoms with van der Waals surface area (Å²) in [4.78, 5) is 6.79. The summed E-state index contributed by atoms with van der Waals surface area (Å²) in [7, 11) is 1.67. The fourth-order valence-corrected chi connectivity index (χ4v) is 4.87. The largest absolute Gasteiger partial charge is 0.494 e. The maximum Gasteiger partial charge on any atom is 0.145 e. The van der Waals surface area contributed by atoms with Crippen LogP contribution in [0.1, 0.15) is 24.0 Å². The number of methoxy groups -OCH3 is 1. The predicted molar refractivity (Wildman–Crippen MR) is 146 cm³/mol. The summed E-state index contributed by atoms with van der Waals surface area (Å²) < 4.78 is 13.2. The molecule has 0 unspecified atom stereocenters. The molecule has 0 bridgehead atoms. The lowest BCUT2D eigenvalue weighted by Gasteiger charge is -2.26. The number of aromatic nitrogens is 2. The van der Waals surface area contributed by atoms with Crippen LogP contribution in [0.5, 0.6) is 5.75 Å². The highest BCUT2D eigenvalue weighted by Gasteiger charge is 2.17. The van der Waals surface area contributed by atoms with Gasteiger partial charge in [0.25, 0.3) is 0 Å². The maximum atomic E-state index is 9.18. The van der Waals surface area contributed by atoms with E-state index in [2.05, 4.69) is 56.0 Å². The highest BCUT2D eigenvalue weighted by Crippen LogP contribution is 2.37. The van der Waals surface area contributed by atoms with Crippen molar-refractivity contribution in [2.75, 3.05) is 46.5 Å². The number of ether oxygens (including phenoxy) is 2. The van der Waals surface area contributed by atoms with E-state index in [1.807, 2.05) is 36.8 Å². The number of hydrogen-bond donors (Lipinski definition) is 1. The van der Waals surface area contributed by atoms with Crippen LogP contribution in [0, 0.1) is 11.3 Å². The molecule has 7 nitrogen and oxygen atoms in total. The quantitative estimate of drug-likeness (QED) is 0.431. The van der Waals surface area contributed by atoms with E-state index in [4.69, 9.17) is 9.47 Å². The van der Waals surface area contributed by atoms with Crippen LogP contribution in [0.15, 0.2) is 67.1 Å². The molecule has 0 atom stereocenters. The molecule has 0 spiro atoms. The Labute approximate surface area is 218 Å². The highest BCUT2D eigenvalue weighted by atomic mass is 16.5. The third kappa shape index (κ3) is 5.83. The Morgan fingerprint density at radius 3 is 2.32 bits per heavy atom. The van der Waals surface area contributed by atoms with Gasteiger partial charge in [0, 0.05) is 25.2 Å². The Balaban J connectivity index is 0.000000503. The Morgan fingerprint density at radius 2 is 1.70 bits per heavy atom. The Morgan fingerprint density at radius 1 is 1.00 bits per heavy atom. The first-order valence-corrected chi connectivity index (χ1v) is 12.9. The van der Waals surface area contributed by atoms with E-state index >= 15 is 0 Å². The number of fused-ring (bicyclic) bond motifs is 1. The molecule has 2 aliphatic rings. The molecule has 2 aromatic carbocycles. The first-order chi connectivity index (χ1) is 18.3. The fourth-order valence-electron chi connectivity index (χ4n) is 4.87. The summed E-state index contributed by atoms with van der Waals surface area (Å²) in [5, 5.41) is 12.4. The molecule has 2 aliphatic heterocycles. The smallest absolute Gasteiger partial charge is 0.145 e. The molecule has 0 saturated carbocycles. The van der Waals surface area contributed by atoms with E-state index < -0.39 is 0 Å². The third-order valence-corrected chi connectivity index (χ3v) is 6.90. The minimum Gasteiger partial charge on any atom is -0.494 e. The van der Waals surface area contributed by atoms with Crippen molar-refractivity contribution in [1.82, 2.24) is 19.6 Å². The summed E-state index contributed by atoms with van der Waals surface area (Å²) in [6.07, 6.45) is 6.42. The van der Waals surface area contributed by atoms with Crippen LogP contribution in [-0.4, -0.2) is 60.8 Å². The van der Waals surface area contributed by atoms with Gasteiger partial charge in [-0.2, -0.15) is 5.26 Å². The second kappa shape index (κ2) is 12.0. The average molecular weight is 496 g/mol. The number of pyridine rings is 1. The van der Waals surface area contributed by atoms with E-state index in [1.165, 1.54) is 31.5 Å². The topological polar surface area (TPSA) is 74.8 Å². The van der Waals surface area contributed by atoms with Crippen LogP contribution in [0.3, 0.4) is 0 Å². The van der Waals surface area contributed by atoms with Crippen molar-refractivity contribution in [3.05, 3.63) is 78.2 Å². The summed E-state index contributed by atoms with van der Waals surface area (Å²) in [5.41, 5.74) is 7.02. The van der Waals surface area contributed by atoms with Crippen LogP contribution in [0.4, 0.5) is 0 Å². The molecule has 6 rings (SSSR count). The molecule has 190 valence electrons. The zero-order valence-corrected chi connectivity index (χ0v) is 21.3. The fraction of sp³-hybridized carbons (Fsp3) is 0.333. The molecule has 37 heavy (non-hydrogen) atoms. The molecule has 4 aromatic rings. The molecule has 0 amide bonds. The molecule has 0 radical (unpaired) electrons. The third-order valence-electron chi connectivity index (χ3n) is 6.90. The van der Waals surface area contributed by atoms with E-state index in [1.54, 1.807) is 7.11 Å². The molecular formula is C30H33N5O2. The molecule has 7 heteroatoms. The number of nitriles is 1. The number of nitrogens with one attached hydrogen (secondary N) is 1. The summed E-state index contributed by atoms with van der Waals surface area (Å²) >= 11 is 0. The van der Waals surface area contributed by atoms with E-state index in [9.17, 15) is 5.26 Å². The number of morpholine rings is 1. The molecule has 1 N–H and O–H groups in total. The van der Waals surface area contributed by atoms with Crippen molar-refractivity contribution in [3.63, 3.8) is 0 Å². The number of rotatable bonds is 5. The van der Waals surface area contributed by atoms with Crippen LogP contribution in [0.25, 0.3) is 27.9 Å². The minimum absolute atomic E-state index is 0.637. The van der Waals surface area contributed by atoms with Crippen molar-refractivity contribution >= 4 is 5.52 Å². The Kier molecular flexibility index (Phi) is 8.11. The summed E-state index contributed by atoms with van der Waals surface area (Å²) in [5.74, 6) is 0.759. The van der Waals surface area contributed by atoms with Gasteiger partial charge in [0.2, 0.25) is 0 Å². The second-order valence-electron chi connectivity index (χ2n) is 9.36. The van der Waals surface area contributed by atoms with Crippen molar-refractivity contribution in [3.8, 4) is 34.2 Å². The van der Waals surface area contributed by atoms with Crippen molar-refractivity contribution in [1.29, 1.82) is 5.26 Å². The molecular weight excluding hydrogens is 462 g/mol. The van der Waals surface area contributed by atoms with Gasteiger partial charge in [-0.15, -0.1) is 0 Å². The Hall–Kier alpha value is -3.70. The van der Waals surface area contributed by atoms with Gasteiger partial charge in [-0.1, -0.05) is 36.4 Å². The normalized spacial score (nSPS) is 15.7. The standard InChI is InChI=1S/C26H24N4O2.C4H9N/c1-31-25-14-23(21-6-2-19(15-27)3-7-21)26(30-18-28-16-24(25)30)22-8-4-20(5-9-22)17-29-10-12-32-13-11-29;1-2-4-5-3-1/h2-9,14,16,18H,10-13,17H2,1H3;5H,1-4H2. The first kappa shape index (κ1) is 25.0. The molecule has 2 saturated heterocycles. The van der Waals surface area contributed by atoms with Gasteiger partial charge in [0.1, 0.15) is 11.3 Å². The van der Waals surface area contributed by atoms with Gasteiger partial charge in [-0.05, 0) is 60.8 Å². The lowest BCUT2D eigenvalue weighted by atomic mass is 9.97. The lowest BCUT2D eigenvalue weighted by molar-refractivity contribution is 0.0342. The van der Waals surface area contributed by atoms with Crippen molar-refractivity contribution < 1.29 is 9.47 Å². The molecule has 4 heterocycles. The van der Waals surface area contributed by atoms with Crippen LogP contribution in [-0.2, 0) is 11.3 Å². The van der Waals surface area contributed by atoms with Crippen LogP contribution < -0.4 is 10.1 Å². The van der Waals surface area contributed by atoms with Gasteiger partial charge in [-0.25, -0.2) is 4.98 Å². The lowest BCUT2D eigenvalue weighted by Crippen LogP contribution is -2.35. The molecule has 2 aromatic heterocycles. The SMILES string of the molecule is C1CCNC1.COc1cc(-c2ccc(C#N)cc2)c(-c2ccc(CN3CCOCC3)cc2)n2cncc12.